The molecule has 0 spiro atoms. The normalized spacial score (nSPS) is 23.6. The second-order valence-electron chi connectivity index (χ2n) is 12.6. The summed E-state index contributed by atoms with van der Waals surface area (Å²) in [5.74, 6) is 0. The third-order valence-electron chi connectivity index (χ3n) is 9.29. The summed E-state index contributed by atoms with van der Waals surface area (Å²) in [7, 11) is 0.293. The lowest BCUT2D eigenvalue weighted by Gasteiger charge is -2.24. The van der Waals surface area contributed by atoms with Gasteiger partial charge in [-0.05, 0) is 71.5 Å². The molecule has 0 aromatic heterocycles. The Morgan fingerprint density at radius 1 is 0.628 bits per heavy atom. The SMILES string of the molecule is CN1/C(=C/C=C2/CCC(=C\C=C3\N(C)c4ccccc4C3(C)C)/C2=N\S(=O)(=O)c2ccccc2)C(C)(C)c2ccccc21. The van der Waals surface area contributed by atoms with Crippen molar-refractivity contribution in [2.75, 3.05) is 23.9 Å². The summed E-state index contributed by atoms with van der Waals surface area (Å²) in [6, 6.07) is 25.4. The molecule has 0 saturated heterocycles. The summed E-state index contributed by atoms with van der Waals surface area (Å²) >= 11 is 0. The van der Waals surface area contributed by atoms with Crippen LogP contribution < -0.4 is 9.80 Å². The maximum absolute atomic E-state index is 13.5. The maximum atomic E-state index is 13.5. The summed E-state index contributed by atoms with van der Waals surface area (Å²) in [5.41, 5.74) is 9.34. The van der Waals surface area contributed by atoms with Crippen LogP contribution in [0.5, 0.6) is 0 Å². The highest BCUT2D eigenvalue weighted by molar-refractivity contribution is 7.90. The van der Waals surface area contributed by atoms with Gasteiger partial charge >= 0.3 is 0 Å². The van der Waals surface area contributed by atoms with Crippen molar-refractivity contribution in [2.45, 2.75) is 56.3 Å². The predicted molar refractivity (Wildman–Crippen MR) is 178 cm³/mol. The average molecular weight is 590 g/mol. The molecular formula is C37H39N3O2S. The van der Waals surface area contributed by atoms with E-state index in [2.05, 4.69) is 129 Å². The molecule has 5 nitrogen and oxygen atoms in total. The van der Waals surface area contributed by atoms with Crippen molar-refractivity contribution in [3.63, 3.8) is 0 Å². The standard InChI is InChI=1S/C37H39N3O2S/c1-36(2)29-16-10-12-18-31(29)39(5)33(36)24-22-26-20-21-27(35(26)38-43(41,42)28-14-8-7-9-15-28)23-25-34-37(3,4)30-17-11-13-19-32(30)40(34)6/h7-19,22-25H,20-21H2,1-6H3/b26-22-,27-23+,33-24+,34-25+,38-35-. The van der Waals surface area contributed by atoms with E-state index < -0.39 is 10.0 Å². The zero-order valence-corrected chi connectivity index (χ0v) is 26.6. The van der Waals surface area contributed by atoms with Crippen LogP contribution in [0, 0.1) is 0 Å². The van der Waals surface area contributed by atoms with Crippen molar-refractivity contribution in [2.24, 2.45) is 4.40 Å². The minimum absolute atomic E-state index is 0.175. The van der Waals surface area contributed by atoms with Gasteiger partial charge in [0, 0.05) is 47.7 Å². The van der Waals surface area contributed by atoms with Crippen LogP contribution in [-0.4, -0.2) is 28.2 Å². The highest BCUT2D eigenvalue weighted by Gasteiger charge is 2.39. The number of fused-ring (bicyclic) bond motifs is 2. The van der Waals surface area contributed by atoms with Crippen LogP contribution in [0.3, 0.4) is 0 Å². The van der Waals surface area contributed by atoms with E-state index in [1.54, 1.807) is 24.3 Å². The molecule has 6 heteroatoms. The first-order valence-electron chi connectivity index (χ1n) is 14.8. The van der Waals surface area contributed by atoms with Gasteiger partial charge in [-0.15, -0.1) is 0 Å². The fourth-order valence-electron chi connectivity index (χ4n) is 6.88. The van der Waals surface area contributed by atoms with Crippen molar-refractivity contribution in [1.82, 2.24) is 0 Å². The van der Waals surface area contributed by atoms with Crippen molar-refractivity contribution in [3.05, 3.63) is 137 Å². The van der Waals surface area contributed by atoms with Crippen molar-refractivity contribution < 1.29 is 8.42 Å². The number of sulfonamides is 1. The molecule has 0 N–H and O–H groups in total. The summed E-state index contributed by atoms with van der Waals surface area (Å²) in [6.07, 6.45) is 9.89. The van der Waals surface area contributed by atoms with Crippen molar-refractivity contribution in [1.29, 1.82) is 0 Å². The van der Waals surface area contributed by atoms with Crippen LogP contribution in [0.25, 0.3) is 0 Å². The average Bonchev–Trinajstić information content (AvgIpc) is 3.52. The van der Waals surface area contributed by atoms with Gasteiger partial charge in [0.1, 0.15) is 0 Å². The molecule has 43 heavy (non-hydrogen) atoms. The van der Waals surface area contributed by atoms with E-state index in [1.807, 2.05) is 6.07 Å². The molecule has 1 aliphatic carbocycles. The highest BCUT2D eigenvalue weighted by atomic mass is 32.2. The van der Waals surface area contributed by atoms with E-state index in [9.17, 15) is 8.42 Å². The van der Waals surface area contributed by atoms with E-state index in [4.69, 9.17) is 0 Å². The minimum Gasteiger partial charge on any atom is -0.347 e. The molecule has 3 aliphatic rings. The lowest BCUT2D eigenvalue weighted by molar-refractivity contribution is 0.598. The largest absolute Gasteiger partial charge is 0.347 e. The van der Waals surface area contributed by atoms with Crippen LogP contribution in [0.1, 0.15) is 51.7 Å². The van der Waals surface area contributed by atoms with E-state index in [0.29, 0.717) is 5.71 Å². The first kappa shape index (κ1) is 28.9. The second kappa shape index (κ2) is 10.5. The van der Waals surface area contributed by atoms with Gasteiger partial charge in [0.2, 0.25) is 0 Å². The van der Waals surface area contributed by atoms with Crippen LogP contribution >= 0.6 is 0 Å². The number of benzene rings is 3. The summed E-state index contributed by atoms with van der Waals surface area (Å²) < 4.78 is 31.5. The van der Waals surface area contributed by atoms with Gasteiger partial charge in [-0.25, -0.2) is 0 Å². The van der Waals surface area contributed by atoms with Gasteiger partial charge in [0.25, 0.3) is 10.0 Å². The molecule has 2 aliphatic heterocycles. The summed E-state index contributed by atoms with van der Waals surface area (Å²) in [5, 5.41) is 0. The van der Waals surface area contributed by atoms with Crippen LogP contribution in [0.2, 0.25) is 0 Å². The number of nitrogens with zero attached hydrogens (tertiary/aromatic N) is 3. The molecule has 0 amide bonds. The molecule has 0 bridgehead atoms. The van der Waals surface area contributed by atoms with E-state index in [-0.39, 0.29) is 15.7 Å². The van der Waals surface area contributed by atoms with Crippen LogP contribution in [0.15, 0.2) is 135 Å². The van der Waals surface area contributed by atoms with E-state index in [1.165, 1.54) is 22.5 Å². The van der Waals surface area contributed by atoms with Gasteiger partial charge in [0.15, 0.2) is 0 Å². The molecule has 1 saturated carbocycles. The third kappa shape index (κ3) is 4.88. The van der Waals surface area contributed by atoms with Crippen LogP contribution in [0.4, 0.5) is 11.4 Å². The van der Waals surface area contributed by atoms with E-state index in [0.717, 1.165) is 35.4 Å². The molecule has 3 aromatic carbocycles. The Hall–Kier alpha value is -4.16. The van der Waals surface area contributed by atoms with Crippen molar-refractivity contribution >= 4 is 27.1 Å². The van der Waals surface area contributed by atoms with Gasteiger partial charge in [-0.2, -0.15) is 12.8 Å². The number of anilines is 2. The first-order chi connectivity index (χ1) is 20.4. The number of hydrogen-bond donors (Lipinski definition) is 0. The molecule has 1 fully saturated rings. The predicted octanol–water partition coefficient (Wildman–Crippen LogP) is 8.09. The summed E-state index contributed by atoms with van der Waals surface area (Å²) in [6.45, 7) is 8.94. The fraction of sp³-hybridized carbons (Fsp3) is 0.270. The zero-order valence-electron chi connectivity index (χ0n) is 25.8. The lowest BCUT2D eigenvalue weighted by atomic mass is 9.83. The Morgan fingerprint density at radius 2 is 1.05 bits per heavy atom. The Morgan fingerprint density at radius 3 is 1.49 bits per heavy atom. The molecule has 6 rings (SSSR count). The van der Waals surface area contributed by atoms with Gasteiger partial charge < -0.3 is 9.80 Å². The summed E-state index contributed by atoms with van der Waals surface area (Å²) in [4.78, 5) is 4.66. The third-order valence-corrected chi connectivity index (χ3v) is 10.6. The van der Waals surface area contributed by atoms with Crippen molar-refractivity contribution in [3.8, 4) is 0 Å². The molecular weight excluding hydrogens is 550 g/mol. The van der Waals surface area contributed by atoms with Gasteiger partial charge in [0.05, 0.1) is 10.6 Å². The van der Waals surface area contributed by atoms with Gasteiger partial charge in [-0.3, -0.25) is 0 Å². The number of likely N-dealkylation sites (N-methyl/N-ethyl adjacent to an activating group) is 2. The Labute approximate surface area is 256 Å². The molecule has 0 atom stereocenters. The zero-order chi connectivity index (χ0) is 30.6. The fourth-order valence-corrected chi connectivity index (χ4v) is 7.96. The van der Waals surface area contributed by atoms with Gasteiger partial charge in [-0.1, -0.05) is 94.4 Å². The maximum Gasteiger partial charge on any atom is 0.282 e. The molecule has 0 unspecified atom stereocenters. The molecule has 0 radical (unpaired) electrons. The number of hydrogen-bond acceptors (Lipinski definition) is 4. The monoisotopic (exact) mass is 589 g/mol. The van der Waals surface area contributed by atoms with E-state index >= 15 is 0 Å². The minimum atomic E-state index is -3.89. The smallest absolute Gasteiger partial charge is 0.282 e. The highest BCUT2D eigenvalue weighted by Crippen LogP contribution is 2.48. The topological polar surface area (TPSA) is 53.0 Å². The molecule has 2 heterocycles. The number of rotatable bonds is 4. The Kier molecular flexibility index (Phi) is 7.09. The molecule has 3 aromatic rings. The quantitative estimate of drug-likeness (QED) is 0.309. The lowest BCUT2D eigenvalue weighted by Crippen LogP contribution is -2.22. The Bertz CT molecular complexity index is 1760. The van der Waals surface area contributed by atoms with Crippen LogP contribution in [-0.2, 0) is 20.9 Å². The number of allylic oxidation sites excluding steroid dienone is 8. The molecule has 220 valence electrons. The Balaban J connectivity index is 1.44. The number of para-hydroxylation sites is 2. The first-order valence-corrected chi connectivity index (χ1v) is 16.3. The second-order valence-corrected chi connectivity index (χ2v) is 14.2.